The molecule has 5 N–H and O–H groups in total. The first-order valence-corrected chi connectivity index (χ1v) is 41.6. The number of carbonyl (C=O) groups excluding carboxylic acids is 4. The molecule has 632 valence electrons. The number of rotatable bonds is 25. The first-order valence-electron chi connectivity index (χ1n) is 41.6. The van der Waals surface area contributed by atoms with Crippen molar-refractivity contribution in [3.8, 4) is 80.9 Å². The fourth-order valence-electron chi connectivity index (χ4n) is 15.5. The van der Waals surface area contributed by atoms with Crippen LogP contribution in [-0.4, -0.2) is 202 Å². The van der Waals surface area contributed by atoms with E-state index < -0.39 is 0 Å². The summed E-state index contributed by atoms with van der Waals surface area (Å²) in [7, 11) is 3.24. The predicted octanol–water partition coefficient (Wildman–Crippen LogP) is 16.5. The molecule has 12 aromatic rings. The van der Waals surface area contributed by atoms with E-state index in [2.05, 4.69) is 140 Å². The highest BCUT2D eigenvalue weighted by atomic mass is 16.5. The molecule has 23 heteroatoms. The second-order valence-corrected chi connectivity index (χ2v) is 32.0. The monoisotopic (exact) mass is 1640 g/mol. The maximum absolute atomic E-state index is 13.1. The Labute approximate surface area is 714 Å². The first kappa shape index (κ1) is 87.0. The third kappa shape index (κ3) is 19.9. The average Bonchev–Trinajstić information content (AvgIpc) is 1.20. The second-order valence-electron chi connectivity index (χ2n) is 32.0. The number of hydrogen-bond donors (Lipinski definition) is 5. The Hall–Kier alpha value is -12.9. The van der Waals surface area contributed by atoms with E-state index in [1.54, 1.807) is 14.2 Å². The number of aromatic amines is 4. The van der Waals surface area contributed by atoms with E-state index in [4.69, 9.17) is 40.0 Å². The standard InChI is InChI=1S/C26H31N3O3.C25H29N3O3.C25H25N3O3.C23H25N3O2/c1-5-31-12-13-32-25-19(4)24(27-28-25)23-14-21(11-8-18(23)3)26(30)29-15-22(16-29)20-9-6-17(2)7-10-20;1-16-5-8-19(9-6-16)21-14-28(15-21)25(29)20-10-7-17(2)22(13-20)23-18(3)24(27-26-23)31-12-11-30-4;1-4-18-6-9-19(10-7-18)21-14-28(15-21)25(30)20-8-5-16(2)22(13-20)23-17(3)24(27-26-23)31-12-11-29;1-14-5-8-17(9-6-14)19-12-26(13-19)23(27)18-10-7-15(2)20(11-18)21-16(3)22(28-4)25-24-21/h6-11,14,22H,5,12-13,15-16H2,1-4H3,(H,27,28);5-10,13,21H,11-12,14-15H2,1-4H3,(H,26,27);1,5-10,13,21,29H,11-12,14-15H2,2-3H3,(H,26,27);5-11,19H,12-13H2,1-4H3,(H,24,25). The highest BCUT2D eigenvalue weighted by molar-refractivity contribution is 5.99. The van der Waals surface area contributed by atoms with Crippen molar-refractivity contribution >= 4 is 23.6 Å². The third-order valence-corrected chi connectivity index (χ3v) is 23.5. The number of carbonyl (C=O) groups is 4. The summed E-state index contributed by atoms with van der Waals surface area (Å²) in [6.45, 7) is 32.8. The van der Waals surface area contributed by atoms with Gasteiger partial charge < -0.3 is 53.1 Å². The largest absolute Gasteiger partial charge is 0.480 e. The molecule has 4 aliphatic heterocycles. The van der Waals surface area contributed by atoms with Gasteiger partial charge in [-0.05, 0) is 188 Å². The molecule has 0 aliphatic carbocycles. The van der Waals surface area contributed by atoms with Crippen LogP contribution in [0.5, 0.6) is 23.5 Å². The zero-order chi connectivity index (χ0) is 86.4. The van der Waals surface area contributed by atoms with Gasteiger partial charge in [0.05, 0.1) is 49.7 Å². The molecule has 0 atom stereocenters. The molecule has 16 rings (SSSR count). The first-order chi connectivity index (χ1) is 58.9. The highest BCUT2D eigenvalue weighted by Crippen LogP contribution is 2.39. The van der Waals surface area contributed by atoms with Crippen LogP contribution in [0.2, 0.25) is 0 Å². The van der Waals surface area contributed by atoms with E-state index in [0.29, 0.717) is 116 Å². The summed E-state index contributed by atoms with van der Waals surface area (Å²) >= 11 is 0. The maximum atomic E-state index is 13.1. The summed E-state index contributed by atoms with van der Waals surface area (Å²) in [5.41, 5.74) is 27.7. The molecule has 0 saturated carbocycles. The molecule has 8 heterocycles. The lowest BCUT2D eigenvalue weighted by atomic mass is 9.90. The van der Waals surface area contributed by atoms with Crippen LogP contribution in [0.15, 0.2) is 170 Å². The van der Waals surface area contributed by atoms with Crippen LogP contribution in [0.4, 0.5) is 0 Å². The average molecular weight is 1640 g/mol. The van der Waals surface area contributed by atoms with Gasteiger partial charge in [-0.1, -0.05) is 132 Å². The van der Waals surface area contributed by atoms with Crippen LogP contribution in [0.25, 0.3) is 45.0 Å². The van der Waals surface area contributed by atoms with E-state index in [-0.39, 0.29) is 36.8 Å². The minimum absolute atomic E-state index is 0.0201. The van der Waals surface area contributed by atoms with Gasteiger partial charge in [0.2, 0.25) is 23.5 Å². The van der Waals surface area contributed by atoms with E-state index in [9.17, 15) is 19.2 Å². The Bertz CT molecular complexity index is 5700. The molecule has 4 saturated heterocycles. The smallest absolute Gasteiger partial charge is 0.253 e. The number of nitrogens with zero attached hydrogens (tertiary/aromatic N) is 8. The molecular formula is C99H110N12O11. The number of terminal acetylenes is 1. The molecule has 0 bridgehead atoms. The van der Waals surface area contributed by atoms with Crippen molar-refractivity contribution in [1.82, 2.24) is 60.4 Å². The summed E-state index contributed by atoms with van der Waals surface area (Å²) in [5.74, 6) is 6.62. The van der Waals surface area contributed by atoms with Crippen LogP contribution in [0, 0.1) is 88.5 Å². The number of benzene rings is 8. The van der Waals surface area contributed by atoms with E-state index in [1.165, 1.54) is 38.9 Å². The quantitative estimate of drug-likeness (QED) is 0.0263. The fourth-order valence-corrected chi connectivity index (χ4v) is 15.5. The van der Waals surface area contributed by atoms with Gasteiger partial charge in [-0.3, -0.25) is 39.6 Å². The van der Waals surface area contributed by atoms with Crippen molar-refractivity contribution in [2.24, 2.45) is 0 Å². The fraction of sp³-hybridized carbons (Fsp3) is 0.333. The topological polar surface area (TPSA) is 272 Å². The van der Waals surface area contributed by atoms with Crippen molar-refractivity contribution in [3.05, 3.63) is 281 Å². The normalized spacial score (nSPS) is 13.8. The highest BCUT2D eigenvalue weighted by Gasteiger charge is 2.37. The molecular weight excluding hydrogens is 1530 g/mol. The molecule has 4 aromatic heterocycles. The zero-order valence-electron chi connectivity index (χ0n) is 72.3. The Balaban J connectivity index is 0.000000140. The van der Waals surface area contributed by atoms with Gasteiger partial charge >= 0.3 is 0 Å². The molecule has 4 amide bonds. The van der Waals surface area contributed by atoms with Crippen molar-refractivity contribution in [2.45, 2.75) is 107 Å². The van der Waals surface area contributed by atoms with Crippen LogP contribution in [0.1, 0.15) is 161 Å². The molecule has 0 spiro atoms. The van der Waals surface area contributed by atoms with Gasteiger partial charge in [0.15, 0.2) is 0 Å². The zero-order valence-corrected chi connectivity index (χ0v) is 72.3. The lowest BCUT2D eigenvalue weighted by Gasteiger charge is -2.39. The summed E-state index contributed by atoms with van der Waals surface area (Å²) in [5, 5.41) is 38.2. The van der Waals surface area contributed by atoms with Gasteiger partial charge in [-0.15, -0.1) is 26.8 Å². The van der Waals surface area contributed by atoms with E-state index in [1.807, 2.05) is 179 Å². The number of methoxy groups -OCH3 is 2. The van der Waals surface area contributed by atoms with E-state index in [0.717, 1.165) is 134 Å². The predicted molar refractivity (Wildman–Crippen MR) is 475 cm³/mol. The number of aliphatic hydroxyl groups excluding tert-OH is 1. The number of aromatic nitrogens is 8. The minimum atomic E-state index is -0.0739. The number of ether oxygens (including phenoxy) is 6. The third-order valence-electron chi connectivity index (χ3n) is 23.5. The van der Waals surface area contributed by atoms with Gasteiger partial charge in [0.25, 0.3) is 23.6 Å². The van der Waals surface area contributed by atoms with Gasteiger partial charge in [-0.2, -0.15) is 0 Å². The van der Waals surface area contributed by atoms with Gasteiger partial charge in [0.1, 0.15) is 19.8 Å². The van der Waals surface area contributed by atoms with Crippen LogP contribution in [0.3, 0.4) is 0 Å². The van der Waals surface area contributed by atoms with Crippen LogP contribution < -0.4 is 18.9 Å². The number of nitrogens with one attached hydrogen (secondary N) is 4. The molecule has 4 fully saturated rings. The maximum Gasteiger partial charge on any atom is 0.253 e. The molecule has 122 heavy (non-hydrogen) atoms. The van der Waals surface area contributed by atoms with Gasteiger partial charge in [0, 0.05) is 162 Å². The number of amides is 4. The number of likely N-dealkylation sites (tertiary alicyclic amines) is 4. The SMILES string of the molecule is C#Cc1ccc(C2CN(C(=O)c3ccc(C)c(-c4[nH]nc(OCCO)c4C)c3)C2)cc1.CCOCCOc1n[nH]c(-c2cc(C(=O)N3CC(c4ccc(C)cc4)C3)ccc2C)c1C.COCCOc1n[nH]c(-c2cc(C(=O)N3CC(c4ccc(C)cc4)C3)ccc2C)c1C.COc1n[nH]c(-c2cc(C(=O)N3CC(c4ccc(C)cc4)C3)ccc2C)c1C. The lowest BCUT2D eigenvalue weighted by molar-refractivity contribution is 0.0596. The van der Waals surface area contributed by atoms with E-state index >= 15 is 0 Å². The molecule has 8 aromatic carbocycles. The molecule has 0 radical (unpaired) electrons. The number of H-pyrrole nitrogens is 4. The minimum Gasteiger partial charge on any atom is -0.480 e. The summed E-state index contributed by atoms with van der Waals surface area (Å²) in [6, 6.07) is 57.1. The molecule has 4 aliphatic rings. The van der Waals surface area contributed by atoms with Gasteiger partial charge in [-0.25, -0.2) is 0 Å². The Kier molecular flexibility index (Phi) is 28.2. The Morgan fingerprint density at radius 1 is 0.377 bits per heavy atom. The van der Waals surface area contributed by atoms with Crippen molar-refractivity contribution in [1.29, 1.82) is 0 Å². The Morgan fingerprint density at radius 3 is 0.910 bits per heavy atom. The molecule has 23 nitrogen and oxygen atoms in total. The second kappa shape index (κ2) is 39.5. The number of aryl methyl sites for hydroxylation is 7. The van der Waals surface area contributed by atoms with Crippen molar-refractivity contribution in [2.75, 3.05) is 113 Å². The lowest BCUT2D eigenvalue weighted by Crippen LogP contribution is -2.48. The Morgan fingerprint density at radius 2 is 0.648 bits per heavy atom. The summed E-state index contributed by atoms with van der Waals surface area (Å²) in [6.07, 6.45) is 5.42. The number of aliphatic hydroxyl groups is 1. The summed E-state index contributed by atoms with van der Waals surface area (Å²) in [4.78, 5) is 59.8. The van der Waals surface area contributed by atoms with Crippen LogP contribution in [-0.2, 0) is 9.47 Å². The summed E-state index contributed by atoms with van der Waals surface area (Å²) < 4.78 is 32.5. The van der Waals surface area contributed by atoms with Crippen molar-refractivity contribution in [3.63, 3.8) is 0 Å². The van der Waals surface area contributed by atoms with Crippen LogP contribution >= 0.6 is 0 Å². The van der Waals surface area contributed by atoms with Crippen molar-refractivity contribution < 1.29 is 52.7 Å². The molecule has 0 unspecified atom stereocenters. The number of hydrogen-bond acceptors (Lipinski definition) is 15.